The van der Waals surface area contributed by atoms with E-state index in [1.165, 1.54) is 0 Å². The van der Waals surface area contributed by atoms with Crippen molar-refractivity contribution in [2.75, 3.05) is 11.9 Å². The van der Waals surface area contributed by atoms with Crippen LogP contribution in [0.1, 0.15) is 11.5 Å². The third-order valence-corrected chi connectivity index (χ3v) is 3.71. The molecule has 1 unspecified atom stereocenters. The number of anilines is 1. The zero-order chi connectivity index (χ0) is 13.7. The van der Waals surface area contributed by atoms with Gasteiger partial charge in [-0.05, 0) is 39.7 Å². The van der Waals surface area contributed by atoms with E-state index < -0.39 is 0 Å². The Morgan fingerprint density at radius 1 is 1.21 bits per heavy atom. The Morgan fingerprint density at radius 3 is 2.63 bits per heavy atom. The molecule has 2 aromatic rings. The summed E-state index contributed by atoms with van der Waals surface area (Å²) in [5, 5.41) is 13.2. The van der Waals surface area contributed by atoms with Crippen molar-refractivity contribution in [2.24, 2.45) is 0 Å². The van der Waals surface area contributed by atoms with Crippen molar-refractivity contribution >= 4 is 33.2 Å². The van der Waals surface area contributed by atoms with Crippen molar-refractivity contribution in [2.45, 2.75) is 5.92 Å². The lowest BCUT2D eigenvalue weighted by Crippen LogP contribution is -2.11. The van der Waals surface area contributed by atoms with E-state index >= 15 is 0 Å². The van der Waals surface area contributed by atoms with E-state index in [4.69, 9.17) is 11.6 Å². The molecular weight excluding hydrogens is 324 g/mol. The zero-order valence-electron chi connectivity index (χ0n) is 10.1. The third-order valence-electron chi connectivity index (χ3n) is 2.78. The van der Waals surface area contributed by atoms with Crippen LogP contribution in [0.2, 0.25) is 5.02 Å². The fourth-order valence-corrected chi connectivity index (χ4v) is 2.33. The third kappa shape index (κ3) is 3.73. The molecule has 4 heteroatoms. The summed E-state index contributed by atoms with van der Waals surface area (Å²) in [6.45, 7) is 0.541. The number of nitrogens with zero attached hydrogens (tertiary/aromatic N) is 1. The predicted molar refractivity (Wildman–Crippen MR) is 82.4 cm³/mol. The van der Waals surface area contributed by atoms with Crippen LogP contribution >= 0.6 is 27.5 Å². The van der Waals surface area contributed by atoms with Gasteiger partial charge in [-0.25, -0.2) is 0 Å². The van der Waals surface area contributed by atoms with E-state index in [1.54, 1.807) is 0 Å². The standard InChI is InChI=1S/C15H12BrClN2/c16-14-7-6-13(17)8-15(14)19-10-12(9-18)11-4-2-1-3-5-11/h1-8,12,19H,10H2. The molecule has 0 aliphatic carbocycles. The lowest BCUT2D eigenvalue weighted by atomic mass is 10.0. The van der Waals surface area contributed by atoms with E-state index in [1.807, 2.05) is 48.5 Å². The molecule has 0 heterocycles. The fraction of sp³-hybridized carbons (Fsp3) is 0.133. The number of hydrogen-bond donors (Lipinski definition) is 1. The first-order valence-corrected chi connectivity index (χ1v) is 7.01. The van der Waals surface area contributed by atoms with Crippen LogP contribution in [0.15, 0.2) is 53.0 Å². The first-order chi connectivity index (χ1) is 9.20. The van der Waals surface area contributed by atoms with E-state index in [9.17, 15) is 5.26 Å². The van der Waals surface area contributed by atoms with Crippen molar-refractivity contribution in [3.8, 4) is 6.07 Å². The molecule has 0 saturated carbocycles. The molecule has 96 valence electrons. The predicted octanol–water partition coefficient (Wildman–Crippen LogP) is 4.82. The number of benzene rings is 2. The van der Waals surface area contributed by atoms with E-state index in [0.717, 1.165) is 15.7 Å². The van der Waals surface area contributed by atoms with Crippen LogP contribution in [0.25, 0.3) is 0 Å². The minimum Gasteiger partial charge on any atom is -0.382 e. The monoisotopic (exact) mass is 334 g/mol. The van der Waals surface area contributed by atoms with Gasteiger partial charge in [-0.2, -0.15) is 5.26 Å². The molecule has 19 heavy (non-hydrogen) atoms. The normalized spacial score (nSPS) is 11.6. The Balaban J connectivity index is 2.09. The molecule has 1 atom stereocenters. The maximum atomic E-state index is 9.25. The van der Waals surface area contributed by atoms with Crippen LogP contribution in [0, 0.1) is 11.3 Å². The number of hydrogen-bond acceptors (Lipinski definition) is 2. The topological polar surface area (TPSA) is 35.8 Å². The van der Waals surface area contributed by atoms with Crippen molar-refractivity contribution in [1.82, 2.24) is 0 Å². The van der Waals surface area contributed by atoms with Crippen LogP contribution in [-0.4, -0.2) is 6.54 Å². The number of nitrogens with one attached hydrogen (secondary N) is 1. The highest BCUT2D eigenvalue weighted by Gasteiger charge is 2.10. The van der Waals surface area contributed by atoms with Gasteiger partial charge in [0, 0.05) is 21.7 Å². The Bertz CT molecular complexity index is 593. The van der Waals surface area contributed by atoms with E-state index in [2.05, 4.69) is 27.3 Å². The van der Waals surface area contributed by atoms with Gasteiger partial charge in [0.2, 0.25) is 0 Å². The first kappa shape index (κ1) is 13.9. The molecule has 0 aromatic heterocycles. The van der Waals surface area contributed by atoms with Crippen molar-refractivity contribution in [1.29, 1.82) is 5.26 Å². The van der Waals surface area contributed by atoms with Gasteiger partial charge in [0.05, 0.1) is 12.0 Å². The van der Waals surface area contributed by atoms with Gasteiger partial charge in [-0.3, -0.25) is 0 Å². The van der Waals surface area contributed by atoms with Crippen molar-refractivity contribution in [3.05, 3.63) is 63.6 Å². The maximum Gasteiger partial charge on any atom is 0.0885 e. The van der Waals surface area contributed by atoms with Gasteiger partial charge in [0.1, 0.15) is 0 Å². The Kier molecular flexibility index (Phi) is 4.84. The van der Waals surface area contributed by atoms with Crippen molar-refractivity contribution < 1.29 is 0 Å². The highest BCUT2D eigenvalue weighted by atomic mass is 79.9. The molecule has 2 nitrogen and oxygen atoms in total. The highest BCUT2D eigenvalue weighted by Crippen LogP contribution is 2.26. The van der Waals surface area contributed by atoms with Crippen molar-refractivity contribution in [3.63, 3.8) is 0 Å². The first-order valence-electron chi connectivity index (χ1n) is 5.84. The minimum absolute atomic E-state index is 0.188. The summed E-state index contributed by atoms with van der Waals surface area (Å²) in [5.74, 6) is -0.188. The lowest BCUT2D eigenvalue weighted by molar-refractivity contribution is 0.900. The van der Waals surface area contributed by atoms with Crippen LogP contribution < -0.4 is 5.32 Å². The van der Waals surface area contributed by atoms with E-state index in [-0.39, 0.29) is 5.92 Å². The zero-order valence-corrected chi connectivity index (χ0v) is 12.4. The molecule has 0 fully saturated rings. The SMILES string of the molecule is N#CC(CNc1cc(Cl)ccc1Br)c1ccccc1. The van der Waals surface area contributed by atoms with Gasteiger partial charge in [0.25, 0.3) is 0 Å². The summed E-state index contributed by atoms with van der Waals surface area (Å²) >= 11 is 9.41. The molecule has 0 saturated heterocycles. The Morgan fingerprint density at radius 2 is 1.95 bits per heavy atom. The summed E-state index contributed by atoms with van der Waals surface area (Å²) in [5.41, 5.74) is 1.90. The molecule has 0 bridgehead atoms. The molecule has 0 aliphatic rings. The van der Waals surface area contributed by atoms with Gasteiger partial charge in [-0.15, -0.1) is 0 Å². The van der Waals surface area contributed by atoms with Crippen LogP contribution in [-0.2, 0) is 0 Å². The molecule has 1 N–H and O–H groups in total. The van der Waals surface area contributed by atoms with Gasteiger partial charge in [-0.1, -0.05) is 41.9 Å². The van der Waals surface area contributed by atoms with Gasteiger partial charge in [0.15, 0.2) is 0 Å². The molecule has 0 spiro atoms. The largest absolute Gasteiger partial charge is 0.382 e. The molecule has 0 radical (unpaired) electrons. The minimum atomic E-state index is -0.188. The van der Waals surface area contributed by atoms with Gasteiger partial charge >= 0.3 is 0 Å². The quantitative estimate of drug-likeness (QED) is 0.869. The smallest absolute Gasteiger partial charge is 0.0885 e. The van der Waals surface area contributed by atoms with Gasteiger partial charge < -0.3 is 5.32 Å². The average molecular weight is 336 g/mol. The highest BCUT2D eigenvalue weighted by molar-refractivity contribution is 9.10. The number of halogens is 2. The molecule has 2 aromatic carbocycles. The lowest BCUT2D eigenvalue weighted by Gasteiger charge is -2.13. The van der Waals surface area contributed by atoms with E-state index in [0.29, 0.717) is 11.6 Å². The van der Waals surface area contributed by atoms with Crippen LogP contribution in [0.5, 0.6) is 0 Å². The molecule has 0 aliphatic heterocycles. The number of rotatable bonds is 4. The maximum absolute atomic E-state index is 9.25. The summed E-state index contributed by atoms with van der Waals surface area (Å²) < 4.78 is 0.932. The second kappa shape index (κ2) is 6.60. The molecule has 0 amide bonds. The molecule has 2 rings (SSSR count). The summed E-state index contributed by atoms with van der Waals surface area (Å²) in [6, 6.07) is 17.6. The second-order valence-electron chi connectivity index (χ2n) is 4.10. The Labute approximate surface area is 126 Å². The summed E-state index contributed by atoms with van der Waals surface area (Å²) in [7, 11) is 0. The Hall–Kier alpha value is -1.50. The average Bonchev–Trinajstić information content (AvgIpc) is 2.44. The summed E-state index contributed by atoms with van der Waals surface area (Å²) in [6.07, 6.45) is 0. The van der Waals surface area contributed by atoms with Crippen LogP contribution in [0.3, 0.4) is 0 Å². The summed E-state index contributed by atoms with van der Waals surface area (Å²) in [4.78, 5) is 0. The van der Waals surface area contributed by atoms with Crippen LogP contribution in [0.4, 0.5) is 5.69 Å². The number of nitriles is 1. The second-order valence-corrected chi connectivity index (χ2v) is 5.39. The molecular formula is C15H12BrClN2. The fourth-order valence-electron chi connectivity index (χ4n) is 1.77.